The van der Waals surface area contributed by atoms with Crippen LogP contribution in [-0.4, -0.2) is 37.9 Å². The molecule has 0 aliphatic carbocycles. The average Bonchev–Trinajstić information content (AvgIpc) is 2.32. The van der Waals surface area contributed by atoms with Gasteiger partial charge in [-0.15, -0.1) is 0 Å². The van der Waals surface area contributed by atoms with Crippen molar-refractivity contribution in [2.75, 3.05) is 19.8 Å². The molecule has 0 aliphatic heterocycles. The van der Waals surface area contributed by atoms with Gasteiger partial charge in [-0.25, -0.2) is 0 Å². The number of hydrogen-bond acceptors (Lipinski definition) is 6. The van der Waals surface area contributed by atoms with Crippen molar-refractivity contribution in [2.45, 2.75) is 40.7 Å². The largest absolute Gasteiger partial charge is 0.495 e. The van der Waals surface area contributed by atoms with E-state index in [1.807, 2.05) is 6.92 Å². The summed E-state index contributed by atoms with van der Waals surface area (Å²) in [6.45, 7) is 16.1. The number of allylic oxidation sites excluding steroid dienone is 2. The number of rotatable bonds is 8. The van der Waals surface area contributed by atoms with Crippen LogP contribution in [0.15, 0.2) is 24.7 Å². The third kappa shape index (κ3) is 23.5. The van der Waals surface area contributed by atoms with Crippen molar-refractivity contribution in [2.24, 2.45) is 0 Å². The quantitative estimate of drug-likeness (QED) is 0.390. The summed E-state index contributed by atoms with van der Waals surface area (Å²) in [6.07, 6.45) is -0.114. The minimum Gasteiger partial charge on any atom is -0.495 e. The van der Waals surface area contributed by atoms with Crippen LogP contribution in [0.5, 0.6) is 0 Å². The Labute approximate surface area is 126 Å². The number of hydrogen-bond donors (Lipinski definition) is 0. The molecule has 122 valence electrons. The van der Waals surface area contributed by atoms with Crippen molar-refractivity contribution in [3.05, 3.63) is 24.7 Å². The first-order valence-electron chi connectivity index (χ1n) is 6.52. The highest BCUT2D eigenvalue weighted by atomic mass is 16.6. The van der Waals surface area contributed by atoms with E-state index in [4.69, 9.17) is 14.2 Å². The van der Waals surface area contributed by atoms with Gasteiger partial charge < -0.3 is 18.9 Å². The van der Waals surface area contributed by atoms with Crippen LogP contribution in [0, 0.1) is 0 Å². The Morgan fingerprint density at radius 3 is 1.71 bits per heavy atom. The molecule has 0 saturated heterocycles. The highest BCUT2D eigenvalue weighted by Crippen LogP contribution is 1.99. The van der Waals surface area contributed by atoms with E-state index in [1.54, 1.807) is 13.8 Å². The van der Waals surface area contributed by atoms with Crippen molar-refractivity contribution in [3.63, 3.8) is 0 Å². The molecule has 0 rings (SSSR count). The van der Waals surface area contributed by atoms with Crippen LogP contribution >= 0.6 is 0 Å². The van der Waals surface area contributed by atoms with Gasteiger partial charge in [-0.05, 0) is 20.8 Å². The summed E-state index contributed by atoms with van der Waals surface area (Å²) in [5, 5.41) is 0. The first kappa shape index (κ1) is 21.3. The molecule has 0 aromatic rings. The maximum absolute atomic E-state index is 10.3. The van der Waals surface area contributed by atoms with E-state index in [2.05, 4.69) is 17.9 Å². The van der Waals surface area contributed by atoms with E-state index in [9.17, 15) is 9.59 Å². The van der Waals surface area contributed by atoms with Crippen molar-refractivity contribution < 1.29 is 28.5 Å². The lowest BCUT2D eigenvalue weighted by Crippen LogP contribution is -2.16. The molecule has 1 atom stereocenters. The van der Waals surface area contributed by atoms with Crippen LogP contribution in [-0.2, 0) is 28.5 Å². The standard InChI is InChI=1S/C8H14O3.C7H12O3/c1-6(2)11-7(3)5-10-8(4)9;1-6(2)9-4-5-10-7(3)8/h7H,1,5H2,2-4H3;1,4-5H2,2-3H3. The first-order valence-corrected chi connectivity index (χ1v) is 6.52. The van der Waals surface area contributed by atoms with E-state index < -0.39 is 0 Å². The molecular formula is C15H26O6. The smallest absolute Gasteiger partial charge is 0.302 e. The summed E-state index contributed by atoms with van der Waals surface area (Å²) in [7, 11) is 0. The SMILES string of the molecule is C=C(C)OC(C)COC(C)=O.C=C(C)OCCOC(C)=O. The van der Waals surface area contributed by atoms with E-state index in [1.165, 1.54) is 13.8 Å². The van der Waals surface area contributed by atoms with Gasteiger partial charge in [-0.3, -0.25) is 9.59 Å². The second kappa shape index (κ2) is 13.0. The third-order valence-electron chi connectivity index (χ3n) is 1.66. The summed E-state index contributed by atoms with van der Waals surface area (Å²) in [6, 6.07) is 0. The van der Waals surface area contributed by atoms with Gasteiger partial charge >= 0.3 is 11.9 Å². The van der Waals surface area contributed by atoms with Crippen LogP contribution in [0.3, 0.4) is 0 Å². The maximum atomic E-state index is 10.3. The van der Waals surface area contributed by atoms with E-state index in [0.717, 1.165) is 0 Å². The van der Waals surface area contributed by atoms with Crippen LogP contribution in [0.4, 0.5) is 0 Å². The van der Waals surface area contributed by atoms with E-state index in [-0.39, 0.29) is 24.6 Å². The van der Waals surface area contributed by atoms with Gasteiger partial charge in [0.25, 0.3) is 0 Å². The predicted molar refractivity (Wildman–Crippen MR) is 79.4 cm³/mol. The Kier molecular flexibility index (Phi) is 13.2. The van der Waals surface area contributed by atoms with Gasteiger partial charge in [-0.1, -0.05) is 13.2 Å². The molecule has 1 unspecified atom stereocenters. The molecule has 0 fully saturated rings. The number of esters is 2. The molecule has 0 amide bonds. The predicted octanol–water partition coefficient (Wildman–Crippen LogP) is 2.59. The van der Waals surface area contributed by atoms with Crippen molar-refractivity contribution in [1.29, 1.82) is 0 Å². The summed E-state index contributed by atoms with van der Waals surface area (Å²) >= 11 is 0. The minimum atomic E-state index is -0.290. The highest BCUT2D eigenvalue weighted by Gasteiger charge is 2.03. The van der Waals surface area contributed by atoms with E-state index >= 15 is 0 Å². The molecule has 0 aromatic carbocycles. The lowest BCUT2D eigenvalue weighted by atomic mass is 10.4. The molecule has 0 bridgehead atoms. The molecule has 0 heterocycles. The first-order chi connectivity index (χ1) is 9.65. The van der Waals surface area contributed by atoms with Crippen molar-refractivity contribution in [1.82, 2.24) is 0 Å². The van der Waals surface area contributed by atoms with Gasteiger partial charge in [-0.2, -0.15) is 0 Å². The van der Waals surface area contributed by atoms with Crippen LogP contribution in [0.25, 0.3) is 0 Å². The molecular weight excluding hydrogens is 276 g/mol. The fourth-order valence-corrected chi connectivity index (χ4v) is 1.01. The fraction of sp³-hybridized carbons (Fsp3) is 0.600. The molecule has 0 radical (unpaired) electrons. The van der Waals surface area contributed by atoms with Gasteiger partial charge in [0.15, 0.2) is 0 Å². The average molecular weight is 302 g/mol. The number of ether oxygens (including phenoxy) is 4. The molecule has 0 aliphatic rings. The minimum absolute atomic E-state index is 0.114. The molecule has 0 N–H and O–H groups in total. The molecule has 0 saturated carbocycles. The Bertz CT molecular complexity index is 332. The Morgan fingerprint density at radius 1 is 0.857 bits per heavy atom. The van der Waals surface area contributed by atoms with Crippen LogP contribution in [0.2, 0.25) is 0 Å². The fourth-order valence-electron chi connectivity index (χ4n) is 1.01. The van der Waals surface area contributed by atoms with Crippen LogP contribution in [0.1, 0.15) is 34.6 Å². The zero-order valence-electron chi connectivity index (χ0n) is 13.6. The second-order valence-electron chi connectivity index (χ2n) is 4.32. The third-order valence-corrected chi connectivity index (χ3v) is 1.66. The Balaban J connectivity index is 0. The monoisotopic (exact) mass is 302 g/mol. The van der Waals surface area contributed by atoms with Crippen molar-refractivity contribution >= 4 is 11.9 Å². The zero-order valence-corrected chi connectivity index (χ0v) is 13.6. The lowest BCUT2D eigenvalue weighted by molar-refractivity contribution is -0.144. The molecule has 6 nitrogen and oxygen atoms in total. The topological polar surface area (TPSA) is 71.1 Å². The molecule has 6 heteroatoms. The number of carbonyl (C=O) groups excluding carboxylic acids is 2. The van der Waals surface area contributed by atoms with E-state index in [0.29, 0.717) is 24.7 Å². The number of carbonyl (C=O) groups is 2. The molecule has 0 spiro atoms. The Morgan fingerprint density at radius 2 is 1.33 bits per heavy atom. The normalized spacial score (nSPS) is 10.3. The molecule has 0 aromatic heterocycles. The van der Waals surface area contributed by atoms with Gasteiger partial charge in [0, 0.05) is 13.8 Å². The highest BCUT2D eigenvalue weighted by molar-refractivity contribution is 5.66. The Hall–Kier alpha value is -1.98. The van der Waals surface area contributed by atoms with Gasteiger partial charge in [0.05, 0.1) is 11.5 Å². The van der Waals surface area contributed by atoms with Crippen LogP contribution < -0.4 is 0 Å². The summed E-state index contributed by atoms with van der Waals surface area (Å²) < 4.78 is 19.3. The molecule has 21 heavy (non-hydrogen) atoms. The lowest BCUT2D eigenvalue weighted by Gasteiger charge is -2.13. The second-order valence-corrected chi connectivity index (χ2v) is 4.32. The summed E-state index contributed by atoms with van der Waals surface area (Å²) in [5.41, 5.74) is 0. The summed E-state index contributed by atoms with van der Waals surface area (Å²) in [5.74, 6) is 0.685. The zero-order chi connectivity index (χ0) is 16.8. The van der Waals surface area contributed by atoms with Gasteiger partial charge in [0.1, 0.15) is 25.9 Å². The summed E-state index contributed by atoms with van der Waals surface area (Å²) in [4.78, 5) is 20.5. The van der Waals surface area contributed by atoms with Crippen molar-refractivity contribution in [3.8, 4) is 0 Å². The van der Waals surface area contributed by atoms with Gasteiger partial charge in [0.2, 0.25) is 0 Å². The maximum Gasteiger partial charge on any atom is 0.302 e.